The number of carbonyl (C=O) groups excluding carboxylic acids is 1. The minimum atomic E-state index is 0.0763. The standard InChI is InChI=1S/C17H21N3O/c1-4-20-16(9-15(18-20)12(2)3)17(21)19-10-13-7-5-6-8-14(13)11-19/h5-9,12H,4,10-11H2,1-3H3. The Kier molecular flexibility index (Phi) is 3.53. The molecule has 0 unspecified atom stereocenters. The molecule has 1 aromatic carbocycles. The molecule has 2 aromatic rings. The van der Waals surface area contributed by atoms with Crippen LogP contribution in [0.1, 0.15) is 54.0 Å². The maximum atomic E-state index is 12.8. The first kappa shape index (κ1) is 13.9. The average molecular weight is 283 g/mol. The summed E-state index contributed by atoms with van der Waals surface area (Å²) in [6.07, 6.45) is 0. The van der Waals surface area contributed by atoms with Gasteiger partial charge in [-0.3, -0.25) is 9.48 Å². The molecule has 1 aliphatic rings. The largest absolute Gasteiger partial charge is 0.329 e. The Morgan fingerprint density at radius 1 is 1.24 bits per heavy atom. The molecule has 3 rings (SSSR count). The van der Waals surface area contributed by atoms with Crippen LogP contribution in [0.25, 0.3) is 0 Å². The van der Waals surface area contributed by atoms with Gasteiger partial charge in [-0.05, 0) is 30.0 Å². The first-order valence-electron chi connectivity index (χ1n) is 7.54. The van der Waals surface area contributed by atoms with Crippen molar-refractivity contribution in [2.45, 2.75) is 46.3 Å². The number of rotatable bonds is 3. The van der Waals surface area contributed by atoms with E-state index in [1.54, 1.807) is 0 Å². The van der Waals surface area contributed by atoms with Crippen LogP contribution >= 0.6 is 0 Å². The number of nitrogens with zero attached hydrogens (tertiary/aromatic N) is 3. The van der Waals surface area contributed by atoms with Gasteiger partial charge < -0.3 is 4.90 Å². The molecule has 2 heterocycles. The summed E-state index contributed by atoms with van der Waals surface area (Å²) in [5.41, 5.74) is 4.18. The van der Waals surface area contributed by atoms with Gasteiger partial charge in [-0.2, -0.15) is 5.10 Å². The van der Waals surface area contributed by atoms with Gasteiger partial charge in [0.25, 0.3) is 5.91 Å². The minimum Gasteiger partial charge on any atom is -0.329 e. The highest BCUT2D eigenvalue weighted by Gasteiger charge is 2.26. The molecule has 1 aromatic heterocycles. The predicted molar refractivity (Wildman–Crippen MR) is 82.0 cm³/mol. The van der Waals surface area contributed by atoms with Crippen molar-refractivity contribution in [1.82, 2.24) is 14.7 Å². The van der Waals surface area contributed by atoms with E-state index in [4.69, 9.17) is 0 Å². The van der Waals surface area contributed by atoms with Crippen LogP contribution in [0.15, 0.2) is 30.3 Å². The average Bonchev–Trinajstić information content (AvgIpc) is 3.10. The molecule has 0 saturated heterocycles. The number of hydrogen-bond donors (Lipinski definition) is 0. The van der Waals surface area contributed by atoms with E-state index in [1.165, 1.54) is 11.1 Å². The molecule has 0 fully saturated rings. The second-order valence-corrected chi connectivity index (χ2v) is 5.85. The highest BCUT2D eigenvalue weighted by Crippen LogP contribution is 2.25. The van der Waals surface area contributed by atoms with Crippen molar-refractivity contribution in [2.75, 3.05) is 0 Å². The Hall–Kier alpha value is -2.10. The normalized spacial score (nSPS) is 13.8. The zero-order valence-corrected chi connectivity index (χ0v) is 12.8. The van der Waals surface area contributed by atoms with Gasteiger partial charge in [0, 0.05) is 19.6 Å². The summed E-state index contributed by atoms with van der Waals surface area (Å²) in [6.45, 7) is 8.33. The monoisotopic (exact) mass is 283 g/mol. The van der Waals surface area contributed by atoms with Gasteiger partial charge in [0.15, 0.2) is 0 Å². The van der Waals surface area contributed by atoms with Gasteiger partial charge in [0.05, 0.1) is 5.69 Å². The van der Waals surface area contributed by atoms with Crippen molar-refractivity contribution in [2.24, 2.45) is 0 Å². The summed E-state index contributed by atoms with van der Waals surface area (Å²) in [6, 6.07) is 10.2. The van der Waals surface area contributed by atoms with Crippen LogP contribution in [-0.4, -0.2) is 20.6 Å². The van der Waals surface area contributed by atoms with Crippen LogP contribution < -0.4 is 0 Å². The summed E-state index contributed by atoms with van der Waals surface area (Å²) in [7, 11) is 0. The Morgan fingerprint density at radius 2 is 1.86 bits per heavy atom. The third-order valence-corrected chi connectivity index (χ3v) is 4.04. The summed E-state index contributed by atoms with van der Waals surface area (Å²) in [4.78, 5) is 14.7. The van der Waals surface area contributed by atoms with Crippen LogP contribution in [0.5, 0.6) is 0 Å². The van der Waals surface area contributed by atoms with Crippen LogP contribution in [0.4, 0.5) is 0 Å². The zero-order chi connectivity index (χ0) is 15.0. The summed E-state index contributed by atoms with van der Waals surface area (Å²) < 4.78 is 1.82. The predicted octanol–water partition coefficient (Wildman–Crippen LogP) is 3.18. The third kappa shape index (κ3) is 2.46. The second kappa shape index (κ2) is 5.35. The molecule has 0 atom stereocenters. The third-order valence-electron chi connectivity index (χ3n) is 4.04. The summed E-state index contributed by atoms with van der Waals surface area (Å²) in [5, 5.41) is 4.54. The molecule has 21 heavy (non-hydrogen) atoms. The lowest BCUT2D eigenvalue weighted by Crippen LogP contribution is -2.27. The quantitative estimate of drug-likeness (QED) is 0.867. The molecule has 0 N–H and O–H groups in total. The van der Waals surface area contributed by atoms with E-state index in [0.717, 1.165) is 5.69 Å². The fourth-order valence-corrected chi connectivity index (χ4v) is 2.77. The highest BCUT2D eigenvalue weighted by molar-refractivity contribution is 5.93. The molecule has 0 saturated carbocycles. The Labute approximate surface area is 125 Å². The summed E-state index contributed by atoms with van der Waals surface area (Å²) in [5.74, 6) is 0.410. The number of benzene rings is 1. The van der Waals surface area contributed by atoms with Crippen LogP contribution in [0.3, 0.4) is 0 Å². The molecule has 0 radical (unpaired) electrons. The molecule has 1 aliphatic heterocycles. The van der Waals surface area contributed by atoms with Crippen LogP contribution in [0, 0.1) is 0 Å². The van der Waals surface area contributed by atoms with E-state index in [2.05, 4.69) is 31.1 Å². The minimum absolute atomic E-state index is 0.0763. The second-order valence-electron chi connectivity index (χ2n) is 5.85. The number of amides is 1. The molecule has 4 heteroatoms. The molecule has 0 bridgehead atoms. The Morgan fingerprint density at radius 3 is 2.38 bits per heavy atom. The molecule has 110 valence electrons. The van der Waals surface area contributed by atoms with Gasteiger partial charge in [0.2, 0.25) is 0 Å². The molecular formula is C17H21N3O. The van der Waals surface area contributed by atoms with E-state index < -0.39 is 0 Å². The Balaban J connectivity index is 1.87. The smallest absolute Gasteiger partial charge is 0.272 e. The van der Waals surface area contributed by atoms with Crippen molar-refractivity contribution < 1.29 is 4.79 Å². The lowest BCUT2D eigenvalue weighted by atomic mass is 10.1. The zero-order valence-electron chi connectivity index (χ0n) is 12.8. The van der Waals surface area contributed by atoms with Crippen molar-refractivity contribution in [3.8, 4) is 0 Å². The number of aryl methyl sites for hydroxylation is 1. The van der Waals surface area contributed by atoms with E-state index in [0.29, 0.717) is 31.2 Å². The molecule has 4 nitrogen and oxygen atoms in total. The number of aromatic nitrogens is 2. The van der Waals surface area contributed by atoms with Crippen molar-refractivity contribution in [1.29, 1.82) is 0 Å². The van der Waals surface area contributed by atoms with E-state index in [-0.39, 0.29) is 5.91 Å². The van der Waals surface area contributed by atoms with Crippen molar-refractivity contribution >= 4 is 5.91 Å². The number of hydrogen-bond acceptors (Lipinski definition) is 2. The topological polar surface area (TPSA) is 38.1 Å². The summed E-state index contributed by atoms with van der Waals surface area (Å²) >= 11 is 0. The van der Waals surface area contributed by atoms with Crippen molar-refractivity contribution in [3.05, 3.63) is 52.8 Å². The number of carbonyl (C=O) groups is 1. The van der Waals surface area contributed by atoms with Crippen molar-refractivity contribution in [3.63, 3.8) is 0 Å². The maximum Gasteiger partial charge on any atom is 0.272 e. The van der Waals surface area contributed by atoms with Gasteiger partial charge in [-0.15, -0.1) is 0 Å². The molecule has 0 spiro atoms. The lowest BCUT2D eigenvalue weighted by molar-refractivity contribution is 0.0739. The van der Waals surface area contributed by atoms with E-state index >= 15 is 0 Å². The fraction of sp³-hybridized carbons (Fsp3) is 0.412. The van der Waals surface area contributed by atoms with Crippen LogP contribution in [0.2, 0.25) is 0 Å². The first-order chi connectivity index (χ1) is 10.1. The van der Waals surface area contributed by atoms with Gasteiger partial charge in [-0.25, -0.2) is 0 Å². The fourth-order valence-electron chi connectivity index (χ4n) is 2.77. The maximum absolute atomic E-state index is 12.8. The lowest BCUT2D eigenvalue weighted by Gasteiger charge is -2.15. The van der Waals surface area contributed by atoms with E-state index in [1.807, 2.05) is 34.7 Å². The van der Waals surface area contributed by atoms with Gasteiger partial charge in [0.1, 0.15) is 5.69 Å². The molecule has 1 amide bonds. The van der Waals surface area contributed by atoms with Gasteiger partial charge in [-0.1, -0.05) is 38.1 Å². The Bertz CT molecular complexity index is 647. The molecular weight excluding hydrogens is 262 g/mol. The highest BCUT2D eigenvalue weighted by atomic mass is 16.2. The van der Waals surface area contributed by atoms with Crippen LogP contribution in [-0.2, 0) is 19.6 Å². The SMILES string of the molecule is CCn1nc(C(C)C)cc1C(=O)N1Cc2ccccc2C1. The molecule has 0 aliphatic carbocycles. The number of fused-ring (bicyclic) bond motifs is 1. The first-order valence-corrected chi connectivity index (χ1v) is 7.54. The van der Waals surface area contributed by atoms with E-state index in [9.17, 15) is 4.79 Å². The van der Waals surface area contributed by atoms with Gasteiger partial charge >= 0.3 is 0 Å².